The van der Waals surface area contributed by atoms with Crippen LogP contribution in [0.5, 0.6) is 0 Å². The lowest BCUT2D eigenvalue weighted by Crippen LogP contribution is -2.64. The first kappa shape index (κ1) is 38.9. The van der Waals surface area contributed by atoms with Crippen molar-refractivity contribution in [2.45, 2.75) is 71.9 Å². The second-order valence-corrected chi connectivity index (χ2v) is 16.2. The van der Waals surface area contributed by atoms with E-state index >= 15 is 13.6 Å². The largest absolute Gasteiger partial charge is 0.363 e. The van der Waals surface area contributed by atoms with Crippen molar-refractivity contribution in [3.63, 3.8) is 0 Å². The summed E-state index contributed by atoms with van der Waals surface area (Å²) in [6, 6.07) is 4.21. The van der Waals surface area contributed by atoms with Crippen LogP contribution in [0.15, 0.2) is 46.8 Å². The Balaban J connectivity index is 1.66. The highest BCUT2D eigenvalue weighted by molar-refractivity contribution is 6.05. The summed E-state index contributed by atoms with van der Waals surface area (Å²) in [5, 5.41) is 0.220. The van der Waals surface area contributed by atoms with Gasteiger partial charge in [-0.2, -0.15) is 0 Å². The monoisotopic (exact) mass is 767 g/mol. The molecule has 0 bridgehead atoms. The maximum absolute atomic E-state index is 18.3. The molecule has 0 saturated carbocycles. The van der Waals surface area contributed by atoms with Gasteiger partial charge in [0.1, 0.15) is 17.8 Å². The Morgan fingerprint density at radius 1 is 1.00 bits per heavy atom. The minimum absolute atomic E-state index is 0.105. The van der Waals surface area contributed by atoms with Gasteiger partial charge in [0.25, 0.3) is 5.56 Å². The third-order valence-corrected chi connectivity index (χ3v) is 11.4. The van der Waals surface area contributed by atoms with Crippen LogP contribution in [-0.4, -0.2) is 98.7 Å². The van der Waals surface area contributed by atoms with Crippen molar-refractivity contribution in [3.8, 4) is 16.8 Å². The number of imidazole rings is 1. The van der Waals surface area contributed by atoms with E-state index in [9.17, 15) is 9.59 Å². The SMILES string of the molecule is C=CC(=O)N1CC2CN(CCCN(C)C)c3c(c4cc(F)c(-c5c(C)ccc6[nH]c(=O)n(C)c56)c(F)c4n(-c4c(C(C)C)ncnc4C(C)C)c3=O)N2CC1C. The zero-order valence-electron chi connectivity index (χ0n) is 33.7. The summed E-state index contributed by atoms with van der Waals surface area (Å²) in [6.45, 7) is 17.6. The van der Waals surface area contributed by atoms with Crippen LogP contribution < -0.4 is 21.0 Å². The number of hydrogen-bond donors (Lipinski definition) is 1. The highest BCUT2D eigenvalue weighted by atomic mass is 19.1. The van der Waals surface area contributed by atoms with Crippen LogP contribution in [0.2, 0.25) is 0 Å². The fraction of sp³-hybridized carbons (Fsp3) is 0.452. The summed E-state index contributed by atoms with van der Waals surface area (Å²) in [4.78, 5) is 61.7. The normalized spacial score (nSPS) is 17.1. The Labute approximate surface area is 325 Å². The van der Waals surface area contributed by atoms with E-state index in [1.54, 1.807) is 31.0 Å². The van der Waals surface area contributed by atoms with Gasteiger partial charge in [-0.15, -0.1) is 0 Å². The number of amides is 1. The molecule has 1 fully saturated rings. The van der Waals surface area contributed by atoms with E-state index in [1.807, 2.05) is 53.6 Å². The lowest BCUT2D eigenvalue weighted by molar-refractivity contribution is -0.128. The van der Waals surface area contributed by atoms with Gasteiger partial charge >= 0.3 is 5.69 Å². The first-order chi connectivity index (χ1) is 26.6. The van der Waals surface area contributed by atoms with Gasteiger partial charge in [-0.25, -0.2) is 23.5 Å². The number of carbonyl (C=O) groups excluding carboxylic acids is 1. The van der Waals surface area contributed by atoms with Crippen molar-refractivity contribution in [2.24, 2.45) is 7.05 Å². The van der Waals surface area contributed by atoms with Crippen molar-refractivity contribution in [1.29, 1.82) is 0 Å². The number of aryl methyl sites for hydroxylation is 2. The van der Waals surface area contributed by atoms with Crippen LogP contribution in [0.4, 0.5) is 20.2 Å². The van der Waals surface area contributed by atoms with E-state index in [0.717, 1.165) is 6.54 Å². The highest BCUT2D eigenvalue weighted by Crippen LogP contribution is 2.46. The molecule has 2 unspecified atom stereocenters. The number of H-pyrrole nitrogens is 1. The summed E-state index contributed by atoms with van der Waals surface area (Å²) < 4.78 is 38.3. The fourth-order valence-electron chi connectivity index (χ4n) is 8.72. The lowest BCUT2D eigenvalue weighted by atomic mass is 9.93. The lowest BCUT2D eigenvalue weighted by Gasteiger charge is -2.52. The first-order valence-corrected chi connectivity index (χ1v) is 19.3. The third-order valence-electron chi connectivity index (χ3n) is 11.4. The summed E-state index contributed by atoms with van der Waals surface area (Å²) >= 11 is 0. The number of hydrogen-bond acceptors (Lipinski definition) is 8. The molecule has 1 amide bonds. The van der Waals surface area contributed by atoms with E-state index < -0.39 is 22.9 Å². The molecule has 1 saturated heterocycles. The number of anilines is 2. The second kappa shape index (κ2) is 14.6. The Bertz CT molecular complexity index is 2490. The van der Waals surface area contributed by atoms with Gasteiger partial charge in [-0.05, 0) is 76.5 Å². The van der Waals surface area contributed by atoms with Gasteiger partial charge in [0.15, 0.2) is 5.82 Å². The Morgan fingerprint density at radius 2 is 1.68 bits per heavy atom. The van der Waals surface area contributed by atoms with E-state index in [4.69, 9.17) is 0 Å². The van der Waals surface area contributed by atoms with E-state index in [-0.39, 0.29) is 51.9 Å². The molecule has 5 aromatic rings. The maximum Gasteiger partial charge on any atom is 0.326 e. The summed E-state index contributed by atoms with van der Waals surface area (Å²) in [7, 11) is 5.53. The summed E-state index contributed by atoms with van der Waals surface area (Å²) in [5.74, 6) is -2.34. The van der Waals surface area contributed by atoms with Crippen LogP contribution >= 0.6 is 0 Å². The number of piperazine rings is 1. The molecule has 12 nitrogen and oxygen atoms in total. The van der Waals surface area contributed by atoms with Crippen molar-refractivity contribution in [3.05, 3.63) is 86.6 Å². The Morgan fingerprint density at radius 3 is 2.30 bits per heavy atom. The molecule has 7 rings (SSSR count). The third kappa shape index (κ3) is 6.18. The van der Waals surface area contributed by atoms with E-state index in [2.05, 4.69) is 31.3 Å². The molecular weight excluding hydrogens is 717 g/mol. The zero-order valence-corrected chi connectivity index (χ0v) is 33.7. The molecule has 2 aliphatic rings. The molecule has 56 heavy (non-hydrogen) atoms. The second-order valence-electron chi connectivity index (χ2n) is 16.2. The predicted octanol–water partition coefficient (Wildman–Crippen LogP) is 5.82. The van der Waals surface area contributed by atoms with Crippen molar-refractivity contribution < 1.29 is 13.6 Å². The summed E-state index contributed by atoms with van der Waals surface area (Å²) in [5.41, 5.74) is 2.46. The number of pyridine rings is 1. The van der Waals surface area contributed by atoms with Gasteiger partial charge < -0.3 is 24.6 Å². The zero-order chi connectivity index (χ0) is 40.5. The number of nitrogens with one attached hydrogen (secondary N) is 1. The molecular formula is C42H51F2N9O3. The predicted molar refractivity (Wildman–Crippen MR) is 218 cm³/mol. The van der Waals surface area contributed by atoms with Gasteiger partial charge in [0.05, 0.1) is 50.9 Å². The molecule has 2 aromatic carbocycles. The molecule has 1 N–H and O–H groups in total. The number of benzene rings is 2. The van der Waals surface area contributed by atoms with Gasteiger partial charge in [0, 0.05) is 50.2 Å². The highest BCUT2D eigenvalue weighted by Gasteiger charge is 2.43. The number of aromatic amines is 1. The first-order valence-electron chi connectivity index (χ1n) is 19.3. The van der Waals surface area contributed by atoms with E-state index in [0.29, 0.717) is 77.6 Å². The van der Waals surface area contributed by atoms with Crippen LogP contribution in [-0.2, 0) is 11.8 Å². The number of aromatic nitrogens is 5. The molecule has 0 radical (unpaired) electrons. The van der Waals surface area contributed by atoms with Crippen LogP contribution in [0.25, 0.3) is 38.8 Å². The van der Waals surface area contributed by atoms with Crippen molar-refractivity contribution in [1.82, 2.24) is 33.9 Å². The molecule has 2 atom stereocenters. The Hall–Kier alpha value is -5.37. The molecule has 3 aromatic heterocycles. The topological polar surface area (TPSA) is 116 Å². The maximum atomic E-state index is 18.3. The standard InChI is InChI=1S/C42H51F2N9O3/c1-11-30(54)51-20-26-19-50(16-12-15-48(8)9)40-37(52(26)18-25(51)7)27-17-28(43)32(31-24(6)13-14-29-38(31)49(10)42(56)47-29)33(44)36(27)53(41(40)55)39-34(22(2)3)45-21-46-35(39)23(4)5/h11,13-14,17,21-23,25-26H,1,12,15-16,18-20H2,2-10H3,(H,47,56). The number of halogens is 2. The number of fused-ring (bicyclic) bond motifs is 6. The molecule has 0 spiro atoms. The van der Waals surface area contributed by atoms with Crippen molar-refractivity contribution >= 4 is 39.2 Å². The van der Waals surface area contributed by atoms with Crippen LogP contribution in [0.3, 0.4) is 0 Å². The van der Waals surface area contributed by atoms with Gasteiger partial charge in [0.2, 0.25) is 5.91 Å². The van der Waals surface area contributed by atoms with Crippen LogP contribution in [0.1, 0.15) is 69.8 Å². The number of nitrogens with zero attached hydrogens (tertiary/aromatic N) is 8. The summed E-state index contributed by atoms with van der Waals surface area (Å²) in [6.07, 6.45) is 3.49. The van der Waals surface area contributed by atoms with Gasteiger partial charge in [-0.1, -0.05) is 40.3 Å². The van der Waals surface area contributed by atoms with Crippen LogP contribution in [0, 0.1) is 18.6 Å². The molecule has 296 valence electrons. The van der Waals surface area contributed by atoms with Crippen molar-refractivity contribution in [2.75, 3.05) is 56.6 Å². The molecule has 5 heterocycles. The quantitative estimate of drug-likeness (QED) is 0.187. The van der Waals surface area contributed by atoms with Gasteiger partial charge in [-0.3, -0.25) is 18.7 Å². The smallest absolute Gasteiger partial charge is 0.326 e. The number of rotatable bonds is 9. The fourth-order valence-corrected chi connectivity index (χ4v) is 8.72. The number of carbonyl (C=O) groups is 1. The Kier molecular flexibility index (Phi) is 10.1. The average Bonchev–Trinajstić information content (AvgIpc) is 3.44. The van der Waals surface area contributed by atoms with E-state index in [1.165, 1.54) is 27.6 Å². The molecule has 2 aliphatic heterocycles. The average molecular weight is 768 g/mol. The molecule has 14 heteroatoms. The minimum Gasteiger partial charge on any atom is -0.363 e. The minimum atomic E-state index is -0.938. The molecule has 0 aliphatic carbocycles.